The first kappa shape index (κ1) is 19.5. The number of oxime groups is 1. The normalized spacial score (nSPS) is 11.0. The molecule has 26 heavy (non-hydrogen) atoms. The van der Waals surface area contributed by atoms with Crippen LogP contribution < -0.4 is 10.3 Å². The third-order valence-electron chi connectivity index (χ3n) is 3.25. The molecule has 1 amide bonds. The maximum absolute atomic E-state index is 13.5. The van der Waals surface area contributed by atoms with Crippen molar-refractivity contribution in [2.75, 3.05) is 7.11 Å². The summed E-state index contributed by atoms with van der Waals surface area (Å²) in [5.74, 6) is -1.27. The van der Waals surface area contributed by atoms with E-state index in [-0.39, 0.29) is 22.9 Å². The predicted octanol–water partition coefficient (Wildman–Crippen LogP) is 4.21. The van der Waals surface area contributed by atoms with Gasteiger partial charge in [0.15, 0.2) is 5.75 Å². The molecule has 2 aromatic carbocycles. The lowest BCUT2D eigenvalue weighted by Crippen LogP contribution is -2.26. The first-order valence-corrected chi connectivity index (χ1v) is 7.70. The summed E-state index contributed by atoms with van der Waals surface area (Å²) >= 11 is 5.98. The van der Waals surface area contributed by atoms with Crippen molar-refractivity contribution < 1.29 is 28.0 Å². The fourth-order valence-corrected chi connectivity index (χ4v) is 2.02. The van der Waals surface area contributed by atoms with Gasteiger partial charge in [0.25, 0.3) is 0 Å². The Hall–Kier alpha value is -2.87. The molecule has 0 bridgehead atoms. The molecule has 0 spiro atoms. The quantitative estimate of drug-likeness (QED) is 0.598. The number of benzene rings is 2. The van der Waals surface area contributed by atoms with Crippen LogP contribution in [0.25, 0.3) is 0 Å². The number of carbonyl (C=O) groups is 1. The third-order valence-corrected chi connectivity index (χ3v) is 3.56. The monoisotopic (exact) mass is 384 g/mol. The highest BCUT2D eigenvalue weighted by molar-refractivity contribution is 6.32. The Morgan fingerprint density at radius 1 is 1.23 bits per heavy atom. The van der Waals surface area contributed by atoms with Gasteiger partial charge in [-0.05, 0) is 31.2 Å². The van der Waals surface area contributed by atoms with Crippen molar-refractivity contribution in [3.63, 3.8) is 0 Å². The molecule has 0 aliphatic heterocycles. The van der Waals surface area contributed by atoms with Crippen LogP contribution in [0.4, 0.5) is 13.6 Å². The minimum Gasteiger partial charge on any atom is -0.451 e. The van der Waals surface area contributed by atoms with Crippen LogP contribution in [0, 0.1) is 11.6 Å². The van der Waals surface area contributed by atoms with Gasteiger partial charge in [-0.1, -0.05) is 28.9 Å². The van der Waals surface area contributed by atoms with Gasteiger partial charge in [0.1, 0.15) is 18.2 Å². The van der Waals surface area contributed by atoms with E-state index >= 15 is 0 Å². The standard InChI is InChI=1S/C17H15ClF2N2O4/c1-10(21-25-9-12-14(19)4-3-5-15(12)20)11-6-7-13(18)16(8-11)26-22-17(23)24-2/h3-8H,9H2,1-2H3,(H,22,23)/b21-10+. The van der Waals surface area contributed by atoms with Crippen LogP contribution in [-0.2, 0) is 16.2 Å². The minimum atomic E-state index is -0.799. The van der Waals surface area contributed by atoms with E-state index in [0.717, 1.165) is 12.1 Å². The Balaban J connectivity index is 2.07. The zero-order valence-electron chi connectivity index (χ0n) is 13.9. The van der Waals surface area contributed by atoms with Crippen molar-refractivity contribution >= 4 is 23.4 Å². The molecule has 6 nitrogen and oxygen atoms in total. The predicted molar refractivity (Wildman–Crippen MR) is 91.0 cm³/mol. The Morgan fingerprint density at radius 3 is 2.58 bits per heavy atom. The molecule has 0 saturated heterocycles. The van der Waals surface area contributed by atoms with Gasteiger partial charge in [-0.15, -0.1) is 0 Å². The van der Waals surface area contributed by atoms with Crippen LogP contribution in [-0.4, -0.2) is 18.9 Å². The molecule has 0 aromatic heterocycles. The molecular weight excluding hydrogens is 370 g/mol. The number of rotatable bonds is 6. The Kier molecular flexibility index (Phi) is 6.74. The lowest BCUT2D eigenvalue weighted by atomic mass is 10.1. The molecule has 0 atom stereocenters. The number of nitrogens with one attached hydrogen (secondary N) is 1. The van der Waals surface area contributed by atoms with Crippen molar-refractivity contribution in [3.8, 4) is 5.75 Å². The van der Waals surface area contributed by atoms with E-state index in [1.807, 2.05) is 5.48 Å². The molecule has 2 aromatic rings. The average molecular weight is 385 g/mol. The highest BCUT2D eigenvalue weighted by Gasteiger charge is 2.10. The van der Waals surface area contributed by atoms with Crippen LogP contribution >= 0.6 is 11.6 Å². The highest BCUT2D eigenvalue weighted by atomic mass is 35.5. The first-order chi connectivity index (χ1) is 12.4. The van der Waals surface area contributed by atoms with E-state index in [1.54, 1.807) is 13.0 Å². The largest absolute Gasteiger partial charge is 0.451 e. The Labute approximate surface area is 153 Å². The highest BCUT2D eigenvalue weighted by Crippen LogP contribution is 2.25. The molecule has 1 N–H and O–H groups in total. The molecule has 2 rings (SSSR count). The summed E-state index contributed by atoms with van der Waals surface area (Å²) in [5, 5.41) is 4.07. The molecule has 0 fully saturated rings. The minimum absolute atomic E-state index is 0.157. The number of carbonyl (C=O) groups excluding carboxylic acids is 1. The van der Waals surface area contributed by atoms with Gasteiger partial charge >= 0.3 is 6.09 Å². The van der Waals surface area contributed by atoms with E-state index < -0.39 is 17.7 Å². The summed E-state index contributed by atoms with van der Waals surface area (Å²) in [5.41, 5.74) is 2.78. The first-order valence-electron chi connectivity index (χ1n) is 7.32. The second-order valence-electron chi connectivity index (χ2n) is 4.99. The second kappa shape index (κ2) is 9.00. The van der Waals surface area contributed by atoms with Crippen molar-refractivity contribution in [1.29, 1.82) is 0 Å². The fraction of sp³-hybridized carbons (Fsp3) is 0.176. The summed E-state index contributed by atoms with van der Waals surface area (Å²) in [6.07, 6.45) is -0.799. The number of ether oxygens (including phenoxy) is 1. The average Bonchev–Trinajstić information content (AvgIpc) is 2.63. The van der Waals surface area contributed by atoms with Crippen molar-refractivity contribution in [2.24, 2.45) is 5.16 Å². The number of hydrogen-bond donors (Lipinski definition) is 1. The Bertz CT molecular complexity index is 810. The summed E-state index contributed by atoms with van der Waals surface area (Å²) in [6, 6.07) is 8.20. The van der Waals surface area contributed by atoms with Crippen LogP contribution in [0.3, 0.4) is 0 Å². The number of hydrogen-bond acceptors (Lipinski definition) is 5. The molecule has 0 radical (unpaired) electrons. The van der Waals surface area contributed by atoms with Crippen LogP contribution in [0.15, 0.2) is 41.6 Å². The maximum atomic E-state index is 13.5. The molecule has 0 heterocycles. The van der Waals surface area contributed by atoms with E-state index in [2.05, 4.69) is 9.89 Å². The van der Waals surface area contributed by atoms with E-state index in [9.17, 15) is 13.6 Å². The van der Waals surface area contributed by atoms with Gasteiger partial charge in [-0.2, -0.15) is 5.48 Å². The number of hydroxylamine groups is 1. The fourth-order valence-electron chi connectivity index (χ4n) is 1.86. The lowest BCUT2D eigenvalue weighted by molar-refractivity contribution is 0.118. The summed E-state index contributed by atoms with van der Waals surface area (Å²) in [4.78, 5) is 21.1. The molecular formula is C17H15ClF2N2O4. The van der Waals surface area contributed by atoms with Gasteiger partial charge in [0.05, 0.1) is 23.4 Å². The van der Waals surface area contributed by atoms with Gasteiger partial charge in [0.2, 0.25) is 0 Å². The zero-order valence-corrected chi connectivity index (χ0v) is 14.6. The topological polar surface area (TPSA) is 69.2 Å². The lowest BCUT2D eigenvalue weighted by Gasteiger charge is -2.09. The van der Waals surface area contributed by atoms with Gasteiger partial charge in [-0.25, -0.2) is 13.6 Å². The van der Waals surface area contributed by atoms with Gasteiger partial charge in [0, 0.05) is 5.56 Å². The van der Waals surface area contributed by atoms with E-state index in [1.165, 1.54) is 25.3 Å². The molecule has 9 heteroatoms. The Morgan fingerprint density at radius 2 is 1.92 bits per heavy atom. The van der Waals surface area contributed by atoms with E-state index in [0.29, 0.717) is 11.3 Å². The van der Waals surface area contributed by atoms with Crippen LogP contribution in [0.2, 0.25) is 5.02 Å². The smallest absolute Gasteiger partial charge is 0.440 e. The molecule has 0 aliphatic carbocycles. The van der Waals surface area contributed by atoms with Gasteiger partial charge < -0.3 is 14.4 Å². The molecule has 0 unspecified atom stereocenters. The van der Waals surface area contributed by atoms with Gasteiger partial charge in [-0.3, -0.25) is 0 Å². The van der Waals surface area contributed by atoms with E-state index in [4.69, 9.17) is 21.3 Å². The SMILES string of the molecule is COC(=O)NOc1cc(/C(C)=N/OCc2c(F)cccc2F)ccc1Cl. The summed E-state index contributed by atoms with van der Waals surface area (Å²) in [6.45, 7) is 1.26. The third kappa shape index (κ3) is 5.06. The molecule has 0 aliphatic rings. The summed E-state index contributed by atoms with van der Waals surface area (Å²) < 4.78 is 31.4. The van der Waals surface area contributed by atoms with Crippen LogP contribution in [0.1, 0.15) is 18.1 Å². The number of halogens is 3. The van der Waals surface area contributed by atoms with Crippen molar-refractivity contribution in [2.45, 2.75) is 13.5 Å². The zero-order chi connectivity index (χ0) is 19.1. The van der Waals surface area contributed by atoms with Crippen molar-refractivity contribution in [1.82, 2.24) is 5.48 Å². The molecule has 0 saturated carbocycles. The van der Waals surface area contributed by atoms with Crippen LogP contribution in [0.5, 0.6) is 5.75 Å². The maximum Gasteiger partial charge on any atom is 0.440 e. The molecule has 138 valence electrons. The number of amides is 1. The summed E-state index contributed by atoms with van der Waals surface area (Å²) in [7, 11) is 1.18. The van der Waals surface area contributed by atoms with Crippen molar-refractivity contribution in [3.05, 3.63) is 64.2 Å². The number of methoxy groups -OCH3 is 1. The second-order valence-corrected chi connectivity index (χ2v) is 5.40. The number of nitrogens with zero attached hydrogens (tertiary/aromatic N) is 1.